The lowest BCUT2D eigenvalue weighted by molar-refractivity contribution is 0.0697. The number of nitrogens with zero attached hydrogens (tertiary/aromatic N) is 2. The van der Waals surface area contributed by atoms with Crippen molar-refractivity contribution < 1.29 is 17.9 Å². The number of hydrogen-bond acceptors (Lipinski definition) is 5. The summed E-state index contributed by atoms with van der Waals surface area (Å²) in [7, 11) is -3.66. The monoisotopic (exact) mass is 499 g/mol. The van der Waals surface area contributed by atoms with Gasteiger partial charge in [-0.25, -0.2) is 8.42 Å². The number of hydrogen-bond donors (Lipinski definition) is 1. The maximum Gasteiger partial charge on any atom is 0.254 e. The molecule has 1 atom stereocenters. The van der Waals surface area contributed by atoms with Crippen molar-refractivity contribution in [3.8, 4) is 5.75 Å². The van der Waals surface area contributed by atoms with Gasteiger partial charge < -0.3 is 15.0 Å². The van der Waals surface area contributed by atoms with Gasteiger partial charge in [0.1, 0.15) is 11.9 Å². The van der Waals surface area contributed by atoms with Crippen LogP contribution in [0.5, 0.6) is 5.75 Å². The number of halogens is 1. The normalized spacial score (nSPS) is 19.4. The second kappa shape index (κ2) is 9.54. The molecule has 3 aromatic carbocycles. The molecule has 0 unspecified atom stereocenters. The molecule has 7 nitrogen and oxygen atoms in total. The highest BCUT2D eigenvalue weighted by Gasteiger charge is 2.30. The van der Waals surface area contributed by atoms with Gasteiger partial charge in [-0.15, -0.1) is 0 Å². The van der Waals surface area contributed by atoms with E-state index in [1.54, 1.807) is 41.3 Å². The van der Waals surface area contributed by atoms with Crippen LogP contribution in [0, 0.1) is 0 Å². The van der Waals surface area contributed by atoms with E-state index in [1.807, 2.05) is 24.3 Å². The Labute approximate surface area is 204 Å². The fourth-order valence-corrected chi connectivity index (χ4v) is 6.08. The zero-order valence-corrected chi connectivity index (χ0v) is 20.2. The third-order valence-corrected chi connectivity index (χ3v) is 8.47. The van der Waals surface area contributed by atoms with Crippen LogP contribution in [-0.4, -0.2) is 68.9 Å². The number of piperazine rings is 1. The van der Waals surface area contributed by atoms with Gasteiger partial charge in [0.05, 0.1) is 4.90 Å². The molecule has 0 saturated carbocycles. The van der Waals surface area contributed by atoms with E-state index in [9.17, 15) is 13.2 Å². The van der Waals surface area contributed by atoms with Gasteiger partial charge in [-0.2, -0.15) is 4.31 Å². The Morgan fingerprint density at radius 2 is 1.74 bits per heavy atom. The molecule has 2 aliphatic rings. The van der Waals surface area contributed by atoms with Gasteiger partial charge in [-0.1, -0.05) is 29.8 Å². The number of sulfonamides is 1. The van der Waals surface area contributed by atoms with Gasteiger partial charge >= 0.3 is 0 Å². The molecule has 1 N–H and O–H groups in total. The van der Waals surface area contributed by atoms with E-state index in [4.69, 9.17) is 16.3 Å². The lowest BCUT2D eigenvalue weighted by Crippen LogP contribution is -2.50. The van der Waals surface area contributed by atoms with Crippen LogP contribution >= 0.6 is 11.6 Å². The van der Waals surface area contributed by atoms with Gasteiger partial charge in [0.15, 0.2) is 0 Å². The van der Waals surface area contributed by atoms with Crippen molar-refractivity contribution in [2.75, 3.05) is 39.3 Å². The third-order valence-electron chi connectivity index (χ3n) is 6.34. The molecular weight excluding hydrogens is 474 g/mol. The molecule has 178 valence electrons. The van der Waals surface area contributed by atoms with E-state index in [2.05, 4.69) is 5.32 Å². The van der Waals surface area contributed by atoms with Gasteiger partial charge in [0.25, 0.3) is 5.91 Å². The van der Waals surface area contributed by atoms with Crippen LogP contribution in [0.1, 0.15) is 16.8 Å². The van der Waals surface area contributed by atoms with E-state index in [0.29, 0.717) is 29.4 Å². The van der Waals surface area contributed by atoms with Crippen LogP contribution < -0.4 is 10.1 Å². The average molecular weight is 500 g/mol. The SMILES string of the molecule is O=C(c1cccc(O[C@@H]2CCNC2)c1)N1CCN(S(=O)(=O)c2ccc3cc(Cl)ccc3c2)CC1. The molecule has 1 amide bonds. The fourth-order valence-electron chi connectivity index (χ4n) is 4.44. The molecule has 0 bridgehead atoms. The molecule has 0 radical (unpaired) electrons. The van der Waals surface area contributed by atoms with E-state index >= 15 is 0 Å². The zero-order valence-electron chi connectivity index (χ0n) is 18.6. The number of rotatable bonds is 5. The molecule has 2 aliphatic heterocycles. The Balaban J connectivity index is 1.25. The summed E-state index contributed by atoms with van der Waals surface area (Å²) in [6.45, 7) is 2.90. The summed E-state index contributed by atoms with van der Waals surface area (Å²) < 4.78 is 33.9. The van der Waals surface area contributed by atoms with Crippen LogP contribution in [0.25, 0.3) is 10.8 Å². The topological polar surface area (TPSA) is 79.0 Å². The maximum atomic E-state index is 13.2. The summed E-state index contributed by atoms with van der Waals surface area (Å²) in [5, 5.41) is 5.57. The number of ether oxygens (including phenoxy) is 1. The lowest BCUT2D eigenvalue weighted by atomic mass is 10.1. The smallest absolute Gasteiger partial charge is 0.254 e. The first-order valence-corrected chi connectivity index (χ1v) is 13.2. The van der Waals surface area contributed by atoms with Crippen molar-refractivity contribution in [2.45, 2.75) is 17.4 Å². The highest BCUT2D eigenvalue weighted by atomic mass is 35.5. The highest BCUT2D eigenvalue weighted by molar-refractivity contribution is 7.89. The number of amides is 1. The maximum absolute atomic E-state index is 13.2. The minimum atomic E-state index is -3.66. The summed E-state index contributed by atoms with van der Waals surface area (Å²) in [5.74, 6) is 0.563. The summed E-state index contributed by atoms with van der Waals surface area (Å²) in [6, 6.07) is 17.6. The van der Waals surface area contributed by atoms with Crippen molar-refractivity contribution >= 4 is 38.3 Å². The second-order valence-corrected chi connectivity index (χ2v) is 11.0. The number of fused-ring (bicyclic) bond motifs is 1. The largest absolute Gasteiger partial charge is 0.489 e. The van der Waals surface area contributed by atoms with Crippen LogP contribution in [0.4, 0.5) is 0 Å². The molecule has 9 heteroatoms. The number of carbonyl (C=O) groups is 1. The van der Waals surface area contributed by atoms with Crippen LogP contribution in [-0.2, 0) is 10.0 Å². The van der Waals surface area contributed by atoms with Crippen molar-refractivity contribution in [1.82, 2.24) is 14.5 Å². The predicted octanol–water partition coefficient (Wildman–Crippen LogP) is 3.38. The summed E-state index contributed by atoms with van der Waals surface area (Å²) in [5.41, 5.74) is 0.549. The van der Waals surface area contributed by atoms with Crippen LogP contribution in [0.3, 0.4) is 0 Å². The number of benzene rings is 3. The summed E-state index contributed by atoms with van der Waals surface area (Å²) in [6.07, 6.45) is 1.06. The molecule has 3 aromatic rings. The lowest BCUT2D eigenvalue weighted by Gasteiger charge is -2.34. The molecule has 2 heterocycles. The fraction of sp³-hybridized carbons (Fsp3) is 0.320. The van der Waals surface area contributed by atoms with Crippen molar-refractivity contribution in [2.24, 2.45) is 0 Å². The first-order chi connectivity index (χ1) is 16.4. The van der Waals surface area contributed by atoms with Gasteiger partial charge in [-0.05, 0) is 66.2 Å². The quantitative estimate of drug-likeness (QED) is 0.582. The molecule has 2 saturated heterocycles. The minimum Gasteiger partial charge on any atom is -0.489 e. The Kier molecular flexibility index (Phi) is 6.48. The molecule has 0 spiro atoms. The van der Waals surface area contributed by atoms with Gasteiger partial charge in [-0.3, -0.25) is 4.79 Å². The van der Waals surface area contributed by atoms with E-state index < -0.39 is 10.0 Å². The van der Waals surface area contributed by atoms with E-state index in [-0.39, 0.29) is 30.0 Å². The molecule has 5 rings (SSSR count). The van der Waals surface area contributed by atoms with Crippen molar-refractivity contribution in [1.29, 1.82) is 0 Å². The molecule has 0 aliphatic carbocycles. The Morgan fingerprint density at radius 3 is 2.50 bits per heavy atom. The molecular formula is C25H26ClN3O4S. The van der Waals surface area contributed by atoms with E-state index in [0.717, 1.165) is 30.3 Å². The Bertz CT molecular complexity index is 1320. The first-order valence-electron chi connectivity index (χ1n) is 11.4. The van der Waals surface area contributed by atoms with Gasteiger partial charge in [0, 0.05) is 43.3 Å². The number of nitrogens with one attached hydrogen (secondary N) is 1. The average Bonchev–Trinajstić information content (AvgIpc) is 3.36. The first kappa shape index (κ1) is 23.1. The van der Waals surface area contributed by atoms with Crippen LogP contribution in [0.15, 0.2) is 65.6 Å². The number of carbonyl (C=O) groups excluding carboxylic acids is 1. The van der Waals surface area contributed by atoms with Crippen LogP contribution in [0.2, 0.25) is 5.02 Å². The van der Waals surface area contributed by atoms with Crippen molar-refractivity contribution in [3.05, 3.63) is 71.2 Å². The Morgan fingerprint density at radius 1 is 0.971 bits per heavy atom. The second-order valence-electron chi connectivity index (χ2n) is 8.61. The summed E-state index contributed by atoms with van der Waals surface area (Å²) >= 11 is 6.03. The molecule has 0 aromatic heterocycles. The Hall–Kier alpha value is -2.65. The minimum absolute atomic E-state index is 0.116. The summed E-state index contributed by atoms with van der Waals surface area (Å²) in [4.78, 5) is 15.0. The zero-order chi connectivity index (χ0) is 23.7. The highest BCUT2D eigenvalue weighted by Crippen LogP contribution is 2.26. The third kappa shape index (κ3) is 4.77. The van der Waals surface area contributed by atoms with Gasteiger partial charge in [0.2, 0.25) is 10.0 Å². The van der Waals surface area contributed by atoms with E-state index in [1.165, 1.54) is 4.31 Å². The predicted molar refractivity (Wildman–Crippen MR) is 132 cm³/mol. The molecule has 34 heavy (non-hydrogen) atoms. The molecule has 2 fully saturated rings. The standard InChI is InChI=1S/C25H26ClN3O4S/c26-21-6-4-19-16-24(7-5-18(19)14-21)34(31,32)29-12-10-28(11-13-29)25(30)20-2-1-3-22(15-20)33-23-8-9-27-17-23/h1-7,14-16,23,27H,8-13,17H2/t23-/m1/s1. The van der Waals surface area contributed by atoms with Crippen molar-refractivity contribution in [3.63, 3.8) is 0 Å².